The van der Waals surface area contributed by atoms with E-state index in [1.807, 2.05) is 10.8 Å². The minimum absolute atomic E-state index is 0.0881. The number of anilines is 1. The Kier molecular flexibility index (Phi) is 5.97. The van der Waals surface area contributed by atoms with Crippen molar-refractivity contribution in [1.29, 1.82) is 0 Å². The number of likely N-dealkylation sites (tertiary alicyclic amines) is 1. The molecule has 7 nitrogen and oxygen atoms in total. The Morgan fingerprint density at radius 2 is 1.84 bits per heavy atom. The van der Waals surface area contributed by atoms with Crippen LogP contribution in [0, 0.1) is 5.82 Å². The maximum Gasteiger partial charge on any atom is 0.261 e. The molecule has 1 N–H and O–H groups in total. The topological polar surface area (TPSA) is 84.3 Å². The fourth-order valence-electron chi connectivity index (χ4n) is 3.59. The molecule has 1 fully saturated rings. The summed E-state index contributed by atoms with van der Waals surface area (Å²) in [4.78, 5) is 18.7. The molecular formula is C21H20ClFN4O3S. The van der Waals surface area contributed by atoms with E-state index in [2.05, 4.69) is 9.71 Å². The van der Waals surface area contributed by atoms with Gasteiger partial charge in [-0.3, -0.25) is 9.52 Å². The van der Waals surface area contributed by atoms with Gasteiger partial charge in [0, 0.05) is 37.1 Å². The highest BCUT2D eigenvalue weighted by Gasteiger charge is 2.25. The van der Waals surface area contributed by atoms with Gasteiger partial charge in [0.05, 0.1) is 21.9 Å². The minimum Gasteiger partial charge on any atom is -0.338 e. The van der Waals surface area contributed by atoms with Gasteiger partial charge in [-0.05, 0) is 55.3 Å². The summed E-state index contributed by atoms with van der Waals surface area (Å²) in [6, 6.07) is 9.21. The van der Waals surface area contributed by atoms with Crippen molar-refractivity contribution in [3.63, 3.8) is 0 Å². The van der Waals surface area contributed by atoms with Crippen molar-refractivity contribution in [3.8, 4) is 0 Å². The van der Waals surface area contributed by atoms with Crippen LogP contribution in [0.25, 0.3) is 0 Å². The average Bonchev–Trinajstić information content (AvgIpc) is 3.30. The SMILES string of the molecule is O=C(c1ccc(Cl)c(NS(=O)(=O)c2ccc(F)cc2)c1)N1CCC(n2ccnc2)CC1. The van der Waals surface area contributed by atoms with Crippen molar-refractivity contribution in [1.82, 2.24) is 14.5 Å². The van der Waals surface area contributed by atoms with Gasteiger partial charge in [0.1, 0.15) is 5.82 Å². The van der Waals surface area contributed by atoms with Gasteiger partial charge >= 0.3 is 0 Å². The van der Waals surface area contributed by atoms with Crippen molar-refractivity contribution < 1.29 is 17.6 Å². The standard InChI is InChI=1S/C21H20ClFN4O3S/c22-19-6-1-15(13-20(19)25-31(29,30)18-4-2-16(23)3-5-18)21(28)26-10-7-17(8-11-26)27-12-9-24-14-27/h1-6,9,12-14,17,25H,7-8,10-11H2. The van der Waals surface area contributed by atoms with Crippen molar-refractivity contribution in [2.75, 3.05) is 17.8 Å². The van der Waals surface area contributed by atoms with Gasteiger partial charge < -0.3 is 9.47 Å². The van der Waals surface area contributed by atoms with Crippen LogP contribution in [0.3, 0.4) is 0 Å². The number of benzene rings is 2. The first kappa shape index (κ1) is 21.3. The molecule has 0 spiro atoms. The van der Waals surface area contributed by atoms with Gasteiger partial charge in [0.15, 0.2) is 0 Å². The molecule has 1 amide bonds. The lowest BCUT2D eigenvalue weighted by Gasteiger charge is -2.32. The van der Waals surface area contributed by atoms with E-state index in [0.717, 1.165) is 37.1 Å². The van der Waals surface area contributed by atoms with E-state index in [9.17, 15) is 17.6 Å². The van der Waals surface area contributed by atoms with Crippen LogP contribution in [0.4, 0.5) is 10.1 Å². The van der Waals surface area contributed by atoms with Gasteiger partial charge in [-0.25, -0.2) is 17.8 Å². The molecular weight excluding hydrogens is 443 g/mol. The molecule has 0 unspecified atom stereocenters. The number of rotatable bonds is 5. The van der Waals surface area contributed by atoms with Crippen LogP contribution in [0.1, 0.15) is 29.2 Å². The Morgan fingerprint density at radius 1 is 1.13 bits per heavy atom. The summed E-state index contributed by atoms with van der Waals surface area (Å²) in [5.41, 5.74) is 0.424. The van der Waals surface area contributed by atoms with Crippen LogP contribution >= 0.6 is 11.6 Å². The molecule has 2 aromatic carbocycles. The molecule has 1 aliphatic heterocycles. The van der Waals surface area contributed by atoms with Crippen molar-refractivity contribution in [2.24, 2.45) is 0 Å². The van der Waals surface area contributed by atoms with Gasteiger partial charge in [-0.2, -0.15) is 0 Å². The van der Waals surface area contributed by atoms with Crippen molar-refractivity contribution in [3.05, 3.63) is 77.6 Å². The van der Waals surface area contributed by atoms with Gasteiger partial charge in [0.25, 0.3) is 15.9 Å². The number of amides is 1. The molecule has 0 radical (unpaired) electrons. The van der Waals surface area contributed by atoms with Crippen LogP contribution in [0.15, 0.2) is 66.1 Å². The molecule has 1 aliphatic rings. The first-order valence-electron chi connectivity index (χ1n) is 9.68. The highest BCUT2D eigenvalue weighted by molar-refractivity contribution is 7.92. The smallest absolute Gasteiger partial charge is 0.261 e. The van der Waals surface area contributed by atoms with Gasteiger partial charge in [0.2, 0.25) is 0 Å². The highest BCUT2D eigenvalue weighted by Crippen LogP contribution is 2.28. The molecule has 4 rings (SSSR count). The number of carbonyl (C=O) groups is 1. The van der Waals surface area contributed by atoms with E-state index < -0.39 is 15.8 Å². The molecule has 0 aliphatic carbocycles. The molecule has 31 heavy (non-hydrogen) atoms. The summed E-state index contributed by atoms with van der Waals surface area (Å²) in [5.74, 6) is -0.732. The summed E-state index contributed by atoms with van der Waals surface area (Å²) in [6.45, 7) is 1.17. The minimum atomic E-state index is -3.99. The number of hydrogen-bond donors (Lipinski definition) is 1. The van der Waals surface area contributed by atoms with Gasteiger partial charge in [-0.1, -0.05) is 11.6 Å². The van der Waals surface area contributed by atoms with E-state index in [4.69, 9.17) is 11.6 Å². The maximum atomic E-state index is 13.1. The lowest BCUT2D eigenvalue weighted by Crippen LogP contribution is -2.39. The Bertz CT molecular complexity index is 1180. The third-order valence-electron chi connectivity index (χ3n) is 5.28. The second-order valence-corrected chi connectivity index (χ2v) is 9.38. The number of piperidine rings is 1. The fourth-order valence-corrected chi connectivity index (χ4v) is 4.88. The van der Waals surface area contributed by atoms with E-state index in [0.29, 0.717) is 24.7 Å². The summed E-state index contributed by atoms with van der Waals surface area (Å²) in [5, 5.41) is 0.154. The quantitative estimate of drug-likeness (QED) is 0.622. The van der Waals surface area contributed by atoms with Gasteiger partial charge in [-0.15, -0.1) is 0 Å². The molecule has 162 valence electrons. The molecule has 3 aromatic rings. The molecule has 2 heterocycles. The third kappa shape index (κ3) is 4.72. The average molecular weight is 463 g/mol. The van der Waals surface area contributed by atoms with Crippen LogP contribution in [-0.2, 0) is 10.0 Å². The number of sulfonamides is 1. The Hall–Kier alpha value is -2.91. The predicted octanol–water partition coefficient (Wildman–Crippen LogP) is 3.95. The van der Waals surface area contributed by atoms with Crippen molar-refractivity contribution in [2.45, 2.75) is 23.8 Å². The Morgan fingerprint density at radius 3 is 2.48 bits per heavy atom. The van der Waals surface area contributed by atoms with Crippen LogP contribution in [0.5, 0.6) is 0 Å². The van der Waals surface area contributed by atoms with Crippen LogP contribution < -0.4 is 4.72 Å². The van der Waals surface area contributed by atoms with Crippen molar-refractivity contribution >= 4 is 33.2 Å². The molecule has 0 bridgehead atoms. The molecule has 0 saturated carbocycles. The number of halogens is 2. The second-order valence-electron chi connectivity index (χ2n) is 7.29. The second kappa shape index (κ2) is 8.68. The Labute approximate surface area is 184 Å². The molecule has 1 aromatic heterocycles. The lowest BCUT2D eigenvalue weighted by molar-refractivity contribution is 0.0694. The fraction of sp³-hybridized carbons (Fsp3) is 0.238. The summed E-state index contributed by atoms with van der Waals surface area (Å²) in [6.07, 6.45) is 7.04. The number of imidazole rings is 1. The van der Waals surface area contributed by atoms with Crippen LogP contribution in [-0.4, -0.2) is 41.9 Å². The third-order valence-corrected chi connectivity index (χ3v) is 6.99. The van der Waals surface area contributed by atoms with E-state index in [1.165, 1.54) is 12.1 Å². The zero-order valence-electron chi connectivity index (χ0n) is 16.4. The van der Waals surface area contributed by atoms with Crippen LogP contribution in [0.2, 0.25) is 5.02 Å². The zero-order chi connectivity index (χ0) is 22.0. The predicted molar refractivity (Wildman–Crippen MR) is 115 cm³/mol. The monoisotopic (exact) mass is 462 g/mol. The first-order valence-corrected chi connectivity index (χ1v) is 11.5. The zero-order valence-corrected chi connectivity index (χ0v) is 18.0. The Balaban J connectivity index is 1.48. The molecule has 0 atom stereocenters. The van der Waals surface area contributed by atoms with E-state index in [-0.39, 0.29) is 21.5 Å². The number of nitrogens with zero attached hydrogens (tertiary/aromatic N) is 3. The summed E-state index contributed by atoms with van der Waals surface area (Å²) < 4.78 is 42.7. The first-order chi connectivity index (χ1) is 14.8. The normalized spacial score (nSPS) is 15.1. The number of nitrogens with one attached hydrogen (secondary N) is 1. The molecule has 10 heteroatoms. The number of aromatic nitrogens is 2. The lowest BCUT2D eigenvalue weighted by atomic mass is 10.0. The number of carbonyl (C=O) groups excluding carboxylic acids is 1. The maximum absolute atomic E-state index is 13.1. The number of hydrogen-bond acceptors (Lipinski definition) is 4. The molecule has 1 saturated heterocycles. The highest BCUT2D eigenvalue weighted by atomic mass is 35.5. The largest absolute Gasteiger partial charge is 0.338 e. The van der Waals surface area contributed by atoms with E-state index in [1.54, 1.807) is 23.5 Å². The summed E-state index contributed by atoms with van der Waals surface area (Å²) >= 11 is 6.16. The van der Waals surface area contributed by atoms with E-state index >= 15 is 0 Å². The summed E-state index contributed by atoms with van der Waals surface area (Å²) in [7, 11) is -3.99.